The highest BCUT2D eigenvalue weighted by atomic mass is 32.2. The number of benzene rings is 3. The fourth-order valence-electron chi connectivity index (χ4n) is 4.44. The number of aryl methyl sites for hydroxylation is 3. The van der Waals surface area contributed by atoms with Gasteiger partial charge in [0.05, 0.1) is 39.0 Å². The zero-order chi connectivity index (χ0) is 28.6. The van der Waals surface area contributed by atoms with E-state index in [2.05, 4.69) is 10.5 Å². The zero-order valence-corrected chi connectivity index (χ0v) is 24.0. The Kier molecular flexibility index (Phi) is 10.1. The second kappa shape index (κ2) is 13.3. The summed E-state index contributed by atoms with van der Waals surface area (Å²) in [5, 5.41) is 4.02. The maximum absolute atomic E-state index is 13.8. The van der Waals surface area contributed by atoms with Gasteiger partial charge in [-0.1, -0.05) is 48.0 Å². The number of rotatable bonds is 12. The van der Waals surface area contributed by atoms with Gasteiger partial charge in [0, 0.05) is 12.1 Å². The van der Waals surface area contributed by atoms with Gasteiger partial charge in [-0.3, -0.25) is 4.79 Å². The largest absolute Gasteiger partial charge is 0.493 e. The van der Waals surface area contributed by atoms with Crippen LogP contribution in [0.15, 0.2) is 64.6 Å². The minimum Gasteiger partial charge on any atom is -0.493 e. The van der Waals surface area contributed by atoms with Crippen LogP contribution in [0, 0.1) is 20.8 Å². The van der Waals surface area contributed by atoms with Gasteiger partial charge in [0.25, 0.3) is 5.91 Å². The maximum atomic E-state index is 13.8. The number of hydrogen-bond acceptors (Lipinski definition) is 7. The Labute approximate surface area is 230 Å². The van der Waals surface area contributed by atoms with Crippen molar-refractivity contribution in [2.45, 2.75) is 32.1 Å². The van der Waals surface area contributed by atoms with Crippen molar-refractivity contribution in [3.05, 3.63) is 82.4 Å². The number of methoxy groups -OCH3 is 3. The van der Waals surface area contributed by atoms with E-state index in [9.17, 15) is 13.2 Å². The van der Waals surface area contributed by atoms with Crippen LogP contribution in [0.1, 0.15) is 27.8 Å². The maximum Gasteiger partial charge on any atom is 0.255 e. The summed E-state index contributed by atoms with van der Waals surface area (Å²) in [6, 6.07) is 16.6. The van der Waals surface area contributed by atoms with Crippen LogP contribution in [0.25, 0.3) is 0 Å². The van der Waals surface area contributed by atoms with Crippen LogP contribution >= 0.6 is 0 Å². The van der Waals surface area contributed by atoms with E-state index in [0.717, 1.165) is 11.1 Å². The Hall–Kier alpha value is -3.89. The van der Waals surface area contributed by atoms with Gasteiger partial charge in [-0.15, -0.1) is 0 Å². The molecule has 0 fully saturated rings. The lowest BCUT2D eigenvalue weighted by Crippen LogP contribution is -2.41. The van der Waals surface area contributed by atoms with Crippen LogP contribution in [0.3, 0.4) is 0 Å². The molecule has 0 unspecified atom stereocenters. The summed E-state index contributed by atoms with van der Waals surface area (Å²) in [6.45, 7) is 5.19. The van der Waals surface area contributed by atoms with Crippen molar-refractivity contribution in [3.63, 3.8) is 0 Å². The van der Waals surface area contributed by atoms with Gasteiger partial charge in [0.1, 0.15) is 0 Å². The van der Waals surface area contributed by atoms with E-state index in [1.165, 1.54) is 31.8 Å². The lowest BCUT2D eigenvalue weighted by Gasteiger charge is -2.24. The summed E-state index contributed by atoms with van der Waals surface area (Å²) in [4.78, 5) is 13.1. The van der Waals surface area contributed by atoms with E-state index in [0.29, 0.717) is 40.4 Å². The number of nitrogens with zero attached hydrogens (tertiary/aromatic N) is 2. The van der Waals surface area contributed by atoms with E-state index < -0.39 is 22.5 Å². The zero-order valence-electron chi connectivity index (χ0n) is 23.1. The molecule has 0 atom stereocenters. The minimum absolute atomic E-state index is 0.128. The molecule has 1 N–H and O–H groups in total. The fourth-order valence-corrected chi connectivity index (χ4v) is 6.24. The number of carbonyl (C=O) groups excluding carboxylic acids is 1. The Morgan fingerprint density at radius 3 is 2.05 bits per heavy atom. The van der Waals surface area contributed by atoms with E-state index in [4.69, 9.17) is 14.2 Å². The molecule has 10 heteroatoms. The van der Waals surface area contributed by atoms with E-state index in [-0.39, 0.29) is 11.4 Å². The quantitative estimate of drug-likeness (QED) is 0.268. The molecule has 0 aromatic heterocycles. The number of nitrogens with one attached hydrogen (secondary N) is 1. The average molecular weight is 554 g/mol. The molecule has 39 heavy (non-hydrogen) atoms. The van der Waals surface area contributed by atoms with Gasteiger partial charge in [-0.25, -0.2) is 13.8 Å². The monoisotopic (exact) mass is 553 g/mol. The Morgan fingerprint density at radius 2 is 1.51 bits per heavy atom. The number of sulfonamides is 1. The Bertz CT molecular complexity index is 1390. The van der Waals surface area contributed by atoms with Crippen LogP contribution in [-0.4, -0.2) is 59.3 Å². The SMILES string of the molecule is COc1cc(C=NNC(=O)CN(CCc2ccccc2)S(=O)(=O)c2c(C)cc(C)cc2C)cc(OC)c1OC. The van der Waals surface area contributed by atoms with Gasteiger partial charge >= 0.3 is 0 Å². The van der Waals surface area contributed by atoms with Crippen LogP contribution in [0.5, 0.6) is 17.2 Å². The Morgan fingerprint density at radius 1 is 0.923 bits per heavy atom. The van der Waals surface area contributed by atoms with E-state index >= 15 is 0 Å². The highest BCUT2D eigenvalue weighted by Crippen LogP contribution is 2.37. The molecule has 0 aliphatic rings. The molecule has 9 nitrogen and oxygen atoms in total. The summed E-state index contributed by atoms with van der Waals surface area (Å²) in [7, 11) is 0.536. The molecule has 0 saturated carbocycles. The molecule has 0 aliphatic carbocycles. The van der Waals surface area contributed by atoms with Crippen LogP contribution in [0.4, 0.5) is 0 Å². The molecule has 0 saturated heterocycles. The first-order valence-electron chi connectivity index (χ1n) is 12.3. The van der Waals surface area contributed by atoms with Gasteiger partial charge in [-0.05, 0) is 56.0 Å². The second-order valence-corrected chi connectivity index (χ2v) is 10.9. The second-order valence-electron chi connectivity index (χ2n) is 9.05. The van der Waals surface area contributed by atoms with Gasteiger partial charge < -0.3 is 14.2 Å². The summed E-state index contributed by atoms with van der Waals surface area (Å²) >= 11 is 0. The predicted molar refractivity (Wildman–Crippen MR) is 151 cm³/mol. The number of carbonyl (C=O) groups is 1. The Balaban J connectivity index is 1.83. The van der Waals surface area contributed by atoms with Crippen molar-refractivity contribution < 1.29 is 27.4 Å². The first-order valence-corrected chi connectivity index (χ1v) is 13.8. The summed E-state index contributed by atoms with van der Waals surface area (Å²) in [6.07, 6.45) is 1.87. The molecule has 0 bridgehead atoms. The topological polar surface area (TPSA) is 107 Å². The first kappa shape index (κ1) is 29.7. The fraction of sp³-hybridized carbons (Fsp3) is 0.310. The molecule has 3 aromatic rings. The molecule has 3 aromatic carbocycles. The molecule has 0 aliphatic heterocycles. The van der Waals surface area contributed by atoms with Crippen LogP contribution < -0.4 is 19.6 Å². The normalized spacial score (nSPS) is 11.6. The number of hydrogen-bond donors (Lipinski definition) is 1. The predicted octanol–water partition coefficient (Wildman–Crippen LogP) is 4.02. The third kappa shape index (κ3) is 7.36. The van der Waals surface area contributed by atoms with Crippen LogP contribution in [-0.2, 0) is 21.2 Å². The summed E-state index contributed by atoms with van der Waals surface area (Å²) in [5.41, 5.74) is 6.24. The number of ether oxygens (including phenoxy) is 3. The van der Waals surface area contributed by atoms with Crippen molar-refractivity contribution >= 4 is 22.1 Å². The molecular formula is C29H35N3O6S. The standard InChI is InChI=1S/C29H35N3O6S/c1-20-14-21(2)29(22(3)15-20)39(34,35)32(13-12-23-10-8-7-9-11-23)19-27(33)31-30-18-24-16-25(36-4)28(38-6)26(17-24)37-5/h7-11,14-18H,12-13,19H2,1-6H3,(H,31,33). The molecule has 0 heterocycles. The van der Waals surface area contributed by atoms with Crippen molar-refractivity contribution in [1.29, 1.82) is 0 Å². The average Bonchev–Trinajstić information content (AvgIpc) is 2.90. The molecule has 208 valence electrons. The smallest absolute Gasteiger partial charge is 0.255 e. The first-order chi connectivity index (χ1) is 18.6. The van der Waals surface area contributed by atoms with Gasteiger partial charge in [-0.2, -0.15) is 9.41 Å². The third-order valence-electron chi connectivity index (χ3n) is 6.11. The highest BCUT2D eigenvalue weighted by molar-refractivity contribution is 7.89. The molecule has 1 amide bonds. The van der Waals surface area contributed by atoms with Crippen LogP contribution in [0.2, 0.25) is 0 Å². The van der Waals surface area contributed by atoms with Gasteiger partial charge in [0.2, 0.25) is 15.8 Å². The number of amides is 1. The van der Waals surface area contributed by atoms with Crippen molar-refractivity contribution in [1.82, 2.24) is 9.73 Å². The van der Waals surface area contributed by atoms with Crippen molar-refractivity contribution in [3.8, 4) is 17.2 Å². The highest BCUT2D eigenvalue weighted by Gasteiger charge is 2.29. The molecule has 0 radical (unpaired) electrons. The lowest BCUT2D eigenvalue weighted by atomic mass is 10.1. The van der Waals surface area contributed by atoms with Crippen molar-refractivity contribution in [2.24, 2.45) is 5.10 Å². The molecule has 0 spiro atoms. The van der Waals surface area contributed by atoms with Crippen molar-refractivity contribution in [2.75, 3.05) is 34.4 Å². The minimum atomic E-state index is -3.97. The van der Waals surface area contributed by atoms with E-state index in [1.807, 2.05) is 49.4 Å². The summed E-state index contributed by atoms with van der Waals surface area (Å²) in [5.74, 6) is 0.734. The lowest BCUT2D eigenvalue weighted by molar-refractivity contribution is -0.121. The molecular weight excluding hydrogens is 518 g/mol. The van der Waals surface area contributed by atoms with Gasteiger partial charge in [0.15, 0.2) is 11.5 Å². The summed E-state index contributed by atoms with van der Waals surface area (Å²) < 4.78 is 44.8. The number of hydrazone groups is 1. The third-order valence-corrected chi connectivity index (χ3v) is 8.26. The van der Waals surface area contributed by atoms with E-state index in [1.54, 1.807) is 26.0 Å². The molecule has 3 rings (SSSR count).